The topological polar surface area (TPSA) is 77.9 Å². The van der Waals surface area contributed by atoms with Gasteiger partial charge in [-0.3, -0.25) is 0 Å². The molecule has 1 aromatic carbocycles. The SMILES string of the molecule is CNc1ccc(N)c2c1cnc[n+]2[O-]. The highest BCUT2D eigenvalue weighted by Gasteiger charge is 2.09. The third kappa shape index (κ3) is 1.10. The van der Waals surface area contributed by atoms with Crippen molar-refractivity contribution < 1.29 is 4.73 Å². The summed E-state index contributed by atoms with van der Waals surface area (Å²) in [4.78, 5) is 3.82. The van der Waals surface area contributed by atoms with Gasteiger partial charge in [-0.2, -0.15) is 0 Å². The van der Waals surface area contributed by atoms with Crippen molar-refractivity contribution in [2.24, 2.45) is 0 Å². The predicted molar refractivity (Wildman–Crippen MR) is 54.7 cm³/mol. The van der Waals surface area contributed by atoms with E-state index in [0.29, 0.717) is 15.9 Å². The first-order valence-electron chi connectivity index (χ1n) is 4.17. The van der Waals surface area contributed by atoms with Crippen LogP contribution in [0.3, 0.4) is 0 Å². The van der Waals surface area contributed by atoms with Gasteiger partial charge in [-0.25, -0.2) is 4.73 Å². The van der Waals surface area contributed by atoms with E-state index >= 15 is 0 Å². The van der Waals surface area contributed by atoms with Crippen molar-refractivity contribution in [1.29, 1.82) is 0 Å². The molecule has 5 heteroatoms. The number of aromatic nitrogens is 2. The van der Waals surface area contributed by atoms with Crippen LogP contribution in [0.2, 0.25) is 0 Å². The van der Waals surface area contributed by atoms with Crippen LogP contribution in [0, 0.1) is 5.21 Å². The lowest BCUT2D eigenvalue weighted by Crippen LogP contribution is -2.28. The van der Waals surface area contributed by atoms with Crippen molar-refractivity contribution >= 4 is 22.3 Å². The molecule has 0 amide bonds. The zero-order valence-electron chi connectivity index (χ0n) is 7.69. The van der Waals surface area contributed by atoms with Gasteiger partial charge in [0.25, 0.3) is 6.33 Å². The fourth-order valence-electron chi connectivity index (χ4n) is 1.45. The lowest BCUT2D eigenvalue weighted by atomic mass is 10.2. The summed E-state index contributed by atoms with van der Waals surface area (Å²) < 4.78 is 0.672. The molecule has 0 fully saturated rings. The van der Waals surface area contributed by atoms with Crippen LogP contribution in [0.15, 0.2) is 24.7 Å². The van der Waals surface area contributed by atoms with E-state index in [1.54, 1.807) is 19.3 Å². The molecule has 2 aromatic rings. The Balaban J connectivity index is 2.91. The van der Waals surface area contributed by atoms with E-state index in [9.17, 15) is 5.21 Å². The molecule has 2 rings (SSSR count). The van der Waals surface area contributed by atoms with Crippen LogP contribution < -0.4 is 15.8 Å². The normalized spacial score (nSPS) is 10.4. The summed E-state index contributed by atoms with van der Waals surface area (Å²) in [6, 6.07) is 3.52. The van der Waals surface area contributed by atoms with E-state index in [2.05, 4.69) is 10.3 Å². The second-order valence-electron chi connectivity index (χ2n) is 2.93. The summed E-state index contributed by atoms with van der Waals surface area (Å²) in [5.41, 5.74) is 7.45. The first-order valence-corrected chi connectivity index (χ1v) is 4.17. The monoisotopic (exact) mass is 190 g/mol. The molecule has 14 heavy (non-hydrogen) atoms. The average molecular weight is 190 g/mol. The van der Waals surface area contributed by atoms with Crippen LogP contribution in [0.4, 0.5) is 11.4 Å². The molecule has 0 unspecified atom stereocenters. The largest absolute Gasteiger partial charge is 0.710 e. The Morgan fingerprint density at radius 2 is 2.29 bits per heavy atom. The molecule has 0 aliphatic rings. The summed E-state index contributed by atoms with van der Waals surface area (Å²) in [6.07, 6.45) is 2.81. The van der Waals surface area contributed by atoms with Gasteiger partial charge in [-0.05, 0) is 12.1 Å². The van der Waals surface area contributed by atoms with E-state index in [-0.39, 0.29) is 0 Å². The molecular weight excluding hydrogens is 180 g/mol. The number of hydrogen-bond acceptors (Lipinski definition) is 4. The molecule has 0 aliphatic heterocycles. The van der Waals surface area contributed by atoms with Crippen molar-refractivity contribution in [2.75, 3.05) is 18.1 Å². The van der Waals surface area contributed by atoms with E-state index in [4.69, 9.17) is 5.73 Å². The highest BCUT2D eigenvalue weighted by Crippen LogP contribution is 2.24. The second-order valence-corrected chi connectivity index (χ2v) is 2.93. The Morgan fingerprint density at radius 3 is 3.00 bits per heavy atom. The number of fused-ring (bicyclic) bond motifs is 1. The van der Waals surface area contributed by atoms with Crippen molar-refractivity contribution in [3.8, 4) is 0 Å². The number of rotatable bonds is 1. The molecule has 0 atom stereocenters. The van der Waals surface area contributed by atoms with E-state index < -0.39 is 0 Å². The highest BCUT2D eigenvalue weighted by atomic mass is 16.5. The number of anilines is 2. The third-order valence-electron chi connectivity index (χ3n) is 2.11. The molecule has 0 saturated heterocycles. The van der Waals surface area contributed by atoms with Gasteiger partial charge in [-0.1, -0.05) is 4.98 Å². The van der Waals surface area contributed by atoms with E-state index in [1.807, 2.05) is 6.07 Å². The molecule has 0 bridgehead atoms. The second kappa shape index (κ2) is 3.02. The number of benzene rings is 1. The van der Waals surface area contributed by atoms with Gasteiger partial charge >= 0.3 is 0 Å². The van der Waals surface area contributed by atoms with Crippen LogP contribution in [-0.4, -0.2) is 12.0 Å². The Bertz CT molecular complexity index is 475. The lowest BCUT2D eigenvalue weighted by molar-refractivity contribution is -0.579. The van der Waals surface area contributed by atoms with Crippen LogP contribution in [0.1, 0.15) is 0 Å². The van der Waals surface area contributed by atoms with Crippen LogP contribution in [0.5, 0.6) is 0 Å². The zero-order chi connectivity index (χ0) is 10.1. The molecule has 72 valence electrons. The Labute approximate surface area is 80.8 Å². The maximum absolute atomic E-state index is 11.4. The maximum atomic E-state index is 11.4. The van der Waals surface area contributed by atoms with Crippen molar-refractivity contribution in [3.05, 3.63) is 29.9 Å². The molecule has 0 aliphatic carbocycles. The summed E-state index contributed by atoms with van der Waals surface area (Å²) in [5, 5.41) is 15.1. The minimum absolute atomic E-state index is 0.451. The lowest BCUT2D eigenvalue weighted by Gasteiger charge is -2.09. The van der Waals surface area contributed by atoms with Crippen LogP contribution >= 0.6 is 0 Å². The van der Waals surface area contributed by atoms with Crippen LogP contribution in [-0.2, 0) is 0 Å². The minimum Gasteiger partial charge on any atom is -0.710 e. The van der Waals surface area contributed by atoms with Crippen molar-refractivity contribution in [2.45, 2.75) is 0 Å². The molecule has 3 N–H and O–H groups in total. The van der Waals surface area contributed by atoms with Gasteiger partial charge in [0, 0.05) is 12.7 Å². The Kier molecular flexibility index (Phi) is 1.85. The third-order valence-corrected chi connectivity index (χ3v) is 2.11. The maximum Gasteiger partial charge on any atom is 0.289 e. The van der Waals surface area contributed by atoms with E-state index in [1.165, 1.54) is 6.33 Å². The average Bonchev–Trinajstić information content (AvgIpc) is 2.18. The number of nitrogen functional groups attached to an aromatic ring is 1. The predicted octanol–water partition coefficient (Wildman–Crippen LogP) is 0.492. The Hall–Kier alpha value is -2.04. The summed E-state index contributed by atoms with van der Waals surface area (Å²) in [7, 11) is 1.78. The van der Waals surface area contributed by atoms with Gasteiger partial charge in [0.05, 0.1) is 11.1 Å². The summed E-state index contributed by atoms with van der Waals surface area (Å²) >= 11 is 0. The highest BCUT2D eigenvalue weighted by molar-refractivity contribution is 5.95. The Morgan fingerprint density at radius 1 is 1.50 bits per heavy atom. The first-order chi connectivity index (χ1) is 6.74. The van der Waals surface area contributed by atoms with Crippen molar-refractivity contribution in [1.82, 2.24) is 4.98 Å². The number of nitrogens with one attached hydrogen (secondary N) is 1. The first kappa shape index (κ1) is 8.55. The molecular formula is C9H10N4O. The van der Waals surface area contributed by atoms with Crippen molar-refractivity contribution in [3.63, 3.8) is 0 Å². The molecule has 1 heterocycles. The molecule has 1 aromatic heterocycles. The molecule has 5 nitrogen and oxygen atoms in total. The van der Waals surface area contributed by atoms with Gasteiger partial charge in [0.15, 0.2) is 11.7 Å². The van der Waals surface area contributed by atoms with E-state index in [0.717, 1.165) is 11.1 Å². The summed E-state index contributed by atoms with van der Waals surface area (Å²) in [5.74, 6) is 0. The molecule has 0 spiro atoms. The summed E-state index contributed by atoms with van der Waals surface area (Å²) in [6.45, 7) is 0. The van der Waals surface area contributed by atoms with Gasteiger partial charge in [0.2, 0.25) is 0 Å². The van der Waals surface area contributed by atoms with Crippen LogP contribution in [0.25, 0.3) is 10.9 Å². The minimum atomic E-state index is 0.451. The molecule has 0 radical (unpaired) electrons. The number of nitrogens with zero attached hydrogens (tertiary/aromatic N) is 2. The van der Waals surface area contributed by atoms with Gasteiger partial charge in [0.1, 0.15) is 0 Å². The standard InChI is InChI=1S/C9H10N4O/c1-11-8-3-2-7(10)9-6(8)4-12-5-13(9)14/h2-5,11H,10H2,1H3. The fraction of sp³-hybridized carbons (Fsp3) is 0.111. The smallest absolute Gasteiger partial charge is 0.289 e. The quantitative estimate of drug-likeness (QED) is 0.390. The zero-order valence-corrected chi connectivity index (χ0v) is 7.69. The fourth-order valence-corrected chi connectivity index (χ4v) is 1.45. The van der Waals surface area contributed by atoms with Gasteiger partial charge in [-0.15, -0.1) is 0 Å². The number of nitrogens with two attached hydrogens (primary N) is 1. The van der Waals surface area contributed by atoms with Gasteiger partial charge < -0.3 is 16.3 Å². The molecule has 0 saturated carbocycles. The number of hydrogen-bond donors (Lipinski definition) is 2.